The van der Waals surface area contributed by atoms with E-state index in [1.165, 1.54) is 10.8 Å². The number of carbonyl (C=O) groups excluding carboxylic acids is 1. The Balaban J connectivity index is 2.36. The maximum atomic E-state index is 13.7. The zero-order valence-corrected chi connectivity index (χ0v) is 18.7. The van der Waals surface area contributed by atoms with Crippen LogP contribution in [0.2, 0.25) is 0 Å². The van der Waals surface area contributed by atoms with Crippen molar-refractivity contribution in [2.45, 2.75) is 79.8 Å². The number of carbonyl (C=O) groups is 1. The van der Waals surface area contributed by atoms with Gasteiger partial charge in [0.25, 0.3) is 5.56 Å². The summed E-state index contributed by atoms with van der Waals surface area (Å²) in [7, 11) is 0. The van der Waals surface area contributed by atoms with Crippen molar-refractivity contribution in [1.82, 2.24) is 9.13 Å². The Hall–Kier alpha value is -1.50. The number of aryl methyl sites for hydroxylation is 1. The molecule has 0 saturated heterocycles. The summed E-state index contributed by atoms with van der Waals surface area (Å²) in [6.45, 7) is 11.5. The molecule has 1 atom stereocenters. The summed E-state index contributed by atoms with van der Waals surface area (Å²) in [6, 6.07) is 0. The van der Waals surface area contributed by atoms with E-state index in [1.807, 2.05) is 0 Å². The largest absolute Gasteiger partial charge is 0.465 e. The predicted molar refractivity (Wildman–Crippen MR) is 112 cm³/mol. The molecule has 1 heterocycles. The second-order valence-electron chi connectivity index (χ2n) is 8.06. The van der Waals surface area contributed by atoms with Crippen LogP contribution in [-0.2, 0) is 22.6 Å². The van der Waals surface area contributed by atoms with Crippen LogP contribution in [0.5, 0.6) is 0 Å². The zero-order chi connectivity index (χ0) is 21.3. The first-order valence-corrected chi connectivity index (χ1v) is 10.8. The van der Waals surface area contributed by atoms with E-state index in [2.05, 4.69) is 27.7 Å². The van der Waals surface area contributed by atoms with Crippen molar-refractivity contribution in [2.24, 2.45) is 17.8 Å². The van der Waals surface area contributed by atoms with Gasteiger partial charge in [0.2, 0.25) is 5.82 Å². The minimum absolute atomic E-state index is 0.0361. The van der Waals surface area contributed by atoms with E-state index in [0.29, 0.717) is 30.4 Å². The van der Waals surface area contributed by atoms with Crippen LogP contribution in [-0.4, -0.2) is 21.7 Å². The first-order chi connectivity index (χ1) is 13.2. The van der Waals surface area contributed by atoms with Gasteiger partial charge in [-0.15, -0.1) is 0 Å². The van der Waals surface area contributed by atoms with Gasteiger partial charge in [-0.05, 0) is 56.7 Å². The lowest BCUT2D eigenvalue weighted by molar-refractivity contribution is -0.151. The third-order valence-corrected chi connectivity index (χ3v) is 5.34. The molecule has 28 heavy (non-hydrogen) atoms. The van der Waals surface area contributed by atoms with E-state index in [4.69, 9.17) is 17.0 Å². The molecule has 0 saturated carbocycles. The predicted octanol–water partition coefficient (Wildman–Crippen LogP) is 4.96. The van der Waals surface area contributed by atoms with E-state index >= 15 is 0 Å². The van der Waals surface area contributed by atoms with Gasteiger partial charge in [0.15, 0.2) is 4.77 Å². The molecule has 0 fully saturated rings. The van der Waals surface area contributed by atoms with Gasteiger partial charge < -0.3 is 9.30 Å². The average Bonchev–Trinajstić information content (AvgIpc) is 2.62. The summed E-state index contributed by atoms with van der Waals surface area (Å²) in [5, 5.41) is 0. The van der Waals surface area contributed by atoms with Crippen LogP contribution >= 0.6 is 12.2 Å². The minimum atomic E-state index is -0.775. The van der Waals surface area contributed by atoms with E-state index in [-0.39, 0.29) is 17.8 Å². The fourth-order valence-electron chi connectivity index (χ4n) is 3.22. The van der Waals surface area contributed by atoms with Gasteiger partial charge >= 0.3 is 5.97 Å². The number of nitrogens with zero attached hydrogens (tertiary/aromatic N) is 2. The molecular formula is C21H35FN2O3S. The van der Waals surface area contributed by atoms with Crippen LogP contribution < -0.4 is 5.56 Å². The Kier molecular flexibility index (Phi) is 10.6. The lowest BCUT2D eigenvalue weighted by Crippen LogP contribution is -2.27. The Morgan fingerprint density at radius 2 is 1.82 bits per heavy atom. The number of halogens is 1. The second kappa shape index (κ2) is 12.1. The Labute approximate surface area is 172 Å². The summed E-state index contributed by atoms with van der Waals surface area (Å²) in [5.41, 5.74) is -0.664. The SMILES string of the molecule is CCn1c(=O)c(F)cn(CCCCCCOC(=O)C(CC(C)C)C(C)C)c1=S. The highest BCUT2D eigenvalue weighted by Crippen LogP contribution is 2.21. The van der Waals surface area contributed by atoms with E-state index < -0.39 is 11.4 Å². The second-order valence-corrected chi connectivity index (χ2v) is 8.43. The van der Waals surface area contributed by atoms with Crippen molar-refractivity contribution in [1.29, 1.82) is 0 Å². The molecule has 0 bridgehead atoms. The topological polar surface area (TPSA) is 53.2 Å². The van der Waals surface area contributed by atoms with Gasteiger partial charge in [0.05, 0.1) is 12.5 Å². The minimum Gasteiger partial charge on any atom is -0.465 e. The molecule has 0 amide bonds. The number of esters is 1. The maximum Gasteiger partial charge on any atom is 0.309 e. The third-order valence-electron chi connectivity index (χ3n) is 4.88. The van der Waals surface area contributed by atoms with Gasteiger partial charge in [0, 0.05) is 19.3 Å². The highest BCUT2D eigenvalue weighted by Gasteiger charge is 2.24. The standard InChI is InChI=1S/C21H35FN2O3S/c1-6-24-19(25)18(22)14-23(21(24)28)11-9-7-8-10-12-27-20(26)17(16(4)5)13-15(2)3/h14-17H,6-13H2,1-5H3. The Bertz CT molecular complexity index is 740. The molecule has 0 spiro atoms. The van der Waals surface area contributed by atoms with Crippen molar-refractivity contribution in [2.75, 3.05) is 6.61 Å². The lowest BCUT2D eigenvalue weighted by atomic mass is 9.88. The number of aromatic nitrogens is 2. The van der Waals surface area contributed by atoms with Crippen LogP contribution in [0.3, 0.4) is 0 Å². The van der Waals surface area contributed by atoms with Crippen molar-refractivity contribution in [3.63, 3.8) is 0 Å². The Morgan fingerprint density at radius 3 is 2.39 bits per heavy atom. The molecule has 1 rings (SSSR count). The van der Waals surface area contributed by atoms with E-state index in [0.717, 1.165) is 32.1 Å². The first kappa shape index (κ1) is 24.5. The van der Waals surface area contributed by atoms with Crippen LogP contribution in [0, 0.1) is 28.3 Å². The van der Waals surface area contributed by atoms with Crippen molar-refractivity contribution < 1.29 is 13.9 Å². The monoisotopic (exact) mass is 414 g/mol. The highest BCUT2D eigenvalue weighted by atomic mass is 32.1. The quantitative estimate of drug-likeness (QED) is 0.276. The lowest BCUT2D eigenvalue weighted by Gasteiger charge is -2.21. The molecule has 0 aliphatic carbocycles. The number of rotatable bonds is 12. The number of hydrogen-bond acceptors (Lipinski definition) is 4. The fourth-order valence-corrected chi connectivity index (χ4v) is 3.58. The molecule has 1 aromatic rings. The number of hydrogen-bond donors (Lipinski definition) is 0. The van der Waals surface area contributed by atoms with Crippen LogP contribution in [0.4, 0.5) is 4.39 Å². The van der Waals surface area contributed by atoms with Crippen LogP contribution in [0.1, 0.15) is 66.7 Å². The average molecular weight is 415 g/mol. The molecule has 1 aromatic heterocycles. The molecule has 0 N–H and O–H groups in total. The molecule has 0 aromatic carbocycles. The molecule has 1 unspecified atom stereocenters. The summed E-state index contributed by atoms with van der Waals surface area (Å²) in [5.74, 6) is -0.147. The van der Waals surface area contributed by atoms with Gasteiger partial charge in [0.1, 0.15) is 0 Å². The van der Waals surface area contributed by atoms with Crippen molar-refractivity contribution in [3.05, 3.63) is 27.1 Å². The van der Waals surface area contributed by atoms with Crippen LogP contribution in [0.15, 0.2) is 11.0 Å². The molecule has 0 aliphatic heterocycles. The summed E-state index contributed by atoms with van der Waals surface area (Å²) >= 11 is 5.26. The van der Waals surface area contributed by atoms with Crippen molar-refractivity contribution in [3.8, 4) is 0 Å². The molecule has 0 radical (unpaired) electrons. The van der Waals surface area contributed by atoms with E-state index in [9.17, 15) is 14.0 Å². The zero-order valence-electron chi connectivity index (χ0n) is 17.9. The van der Waals surface area contributed by atoms with Gasteiger partial charge in [-0.2, -0.15) is 4.39 Å². The Morgan fingerprint density at radius 1 is 1.18 bits per heavy atom. The summed E-state index contributed by atoms with van der Waals surface area (Å²) < 4.78 is 22.4. The number of unbranched alkanes of at least 4 members (excludes halogenated alkanes) is 3. The van der Waals surface area contributed by atoms with Crippen LogP contribution in [0.25, 0.3) is 0 Å². The number of ether oxygens (including phenoxy) is 1. The fraction of sp³-hybridized carbons (Fsp3) is 0.762. The smallest absolute Gasteiger partial charge is 0.309 e. The molecular weight excluding hydrogens is 379 g/mol. The third kappa shape index (κ3) is 7.49. The highest BCUT2D eigenvalue weighted by molar-refractivity contribution is 7.71. The first-order valence-electron chi connectivity index (χ1n) is 10.3. The van der Waals surface area contributed by atoms with Gasteiger partial charge in [-0.25, -0.2) is 0 Å². The van der Waals surface area contributed by atoms with Gasteiger partial charge in [-0.1, -0.05) is 34.1 Å². The maximum absolute atomic E-state index is 13.7. The molecule has 7 heteroatoms. The molecule has 0 aliphatic rings. The van der Waals surface area contributed by atoms with Gasteiger partial charge in [-0.3, -0.25) is 14.2 Å². The molecule has 160 valence electrons. The summed E-state index contributed by atoms with van der Waals surface area (Å²) in [6.07, 6.45) is 5.53. The molecule has 5 nitrogen and oxygen atoms in total. The van der Waals surface area contributed by atoms with E-state index in [1.54, 1.807) is 11.5 Å². The summed E-state index contributed by atoms with van der Waals surface area (Å²) in [4.78, 5) is 23.9. The normalized spacial score (nSPS) is 12.6. The van der Waals surface area contributed by atoms with Crippen molar-refractivity contribution >= 4 is 18.2 Å².